The molecule has 134 valence electrons. The summed E-state index contributed by atoms with van der Waals surface area (Å²) in [5.74, 6) is 1.04. The van der Waals surface area contributed by atoms with Crippen LogP contribution >= 0.6 is 0 Å². The van der Waals surface area contributed by atoms with Crippen molar-refractivity contribution in [2.24, 2.45) is 0 Å². The van der Waals surface area contributed by atoms with E-state index in [2.05, 4.69) is 6.07 Å². The van der Waals surface area contributed by atoms with Gasteiger partial charge in [0.25, 0.3) is 0 Å². The van der Waals surface area contributed by atoms with Gasteiger partial charge in [-0.1, -0.05) is 30.3 Å². The van der Waals surface area contributed by atoms with Gasteiger partial charge >= 0.3 is 0 Å². The summed E-state index contributed by atoms with van der Waals surface area (Å²) in [5, 5.41) is 1.13. The Balaban J connectivity index is 1.86. The molecule has 27 heavy (non-hydrogen) atoms. The second-order valence-electron chi connectivity index (χ2n) is 6.16. The van der Waals surface area contributed by atoms with Crippen LogP contribution in [-0.4, -0.2) is 24.6 Å². The van der Waals surface area contributed by atoms with E-state index in [1.54, 1.807) is 32.4 Å². The van der Waals surface area contributed by atoms with Crippen LogP contribution in [-0.2, 0) is 0 Å². The molecule has 0 aliphatic carbocycles. The number of hydrogen-bond donors (Lipinski definition) is 0. The summed E-state index contributed by atoms with van der Waals surface area (Å²) in [6.45, 7) is 0. The van der Waals surface area contributed by atoms with Gasteiger partial charge in [0, 0.05) is 17.8 Å². The van der Waals surface area contributed by atoms with Crippen molar-refractivity contribution in [2.45, 2.75) is 0 Å². The molecule has 4 rings (SSSR count). The van der Waals surface area contributed by atoms with Crippen LogP contribution in [0.5, 0.6) is 11.5 Å². The van der Waals surface area contributed by atoms with Crippen molar-refractivity contribution in [3.05, 3.63) is 90.1 Å². The Morgan fingerprint density at radius 3 is 2.41 bits per heavy atom. The van der Waals surface area contributed by atoms with Crippen molar-refractivity contribution in [2.75, 3.05) is 14.2 Å². The summed E-state index contributed by atoms with van der Waals surface area (Å²) in [4.78, 5) is 13.3. The van der Waals surface area contributed by atoms with Gasteiger partial charge in [0.15, 0.2) is 5.78 Å². The number of ether oxygens (including phenoxy) is 2. The highest BCUT2D eigenvalue weighted by Crippen LogP contribution is 2.29. The molecule has 0 N–H and O–H groups in total. The highest BCUT2D eigenvalue weighted by Gasteiger charge is 2.19. The van der Waals surface area contributed by atoms with E-state index in [-0.39, 0.29) is 5.78 Å². The van der Waals surface area contributed by atoms with Gasteiger partial charge in [-0.15, -0.1) is 0 Å². The molecular weight excluding hydrogens is 338 g/mol. The lowest BCUT2D eigenvalue weighted by Crippen LogP contribution is -2.08. The zero-order chi connectivity index (χ0) is 18.8. The molecule has 1 heterocycles. The van der Waals surface area contributed by atoms with Crippen LogP contribution in [0, 0.1) is 0 Å². The Bertz CT molecular complexity index is 1130. The molecule has 4 nitrogen and oxygen atoms in total. The molecule has 0 aliphatic heterocycles. The number of rotatable bonds is 5. The average Bonchev–Trinajstić information content (AvgIpc) is 3.16. The molecule has 0 fully saturated rings. The molecule has 1 aromatic heterocycles. The minimum Gasteiger partial charge on any atom is -0.497 e. The number of para-hydroxylation sites is 2. The van der Waals surface area contributed by atoms with E-state index in [4.69, 9.17) is 9.47 Å². The van der Waals surface area contributed by atoms with Gasteiger partial charge in [-0.05, 0) is 41.8 Å². The molecule has 0 saturated carbocycles. The van der Waals surface area contributed by atoms with Crippen molar-refractivity contribution in [1.29, 1.82) is 0 Å². The third-order valence-electron chi connectivity index (χ3n) is 4.66. The Labute approximate surface area is 157 Å². The smallest absolute Gasteiger partial charge is 0.198 e. The summed E-state index contributed by atoms with van der Waals surface area (Å²) in [5.41, 5.74) is 3.01. The minimum absolute atomic E-state index is 0.0946. The SMILES string of the molecule is COc1ccc(C(=O)c2ccccc2-n2ccc3ccccc32)c(OC)c1. The van der Waals surface area contributed by atoms with Crippen LogP contribution < -0.4 is 9.47 Å². The van der Waals surface area contributed by atoms with Crippen LogP contribution in [0.3, 0.4) is 0 Å². The molecule has 0 bridgehead atoms. The van der Waals surface area contributed by atoms with Crippen molar-refractivity contribution < 1.29 is 14.3 Å². The van der Waals surface area contributed by atoms with Gasteiger partial charge in [0.2, 0.25) is 0 Å². The number of hydrogen-bond acceptors (Lipinski definition) is 3. The average molecular weight is 357 g/mol. The molecule has 0 radical (unpaired) electrons. The largest absolute Gasteiger partial charge is 0.497 e. The van der Waals surface area contributed by atoms with Gasteiger partial charge < -0.3 is 14.0 Å². The number of aromatic nitrogens is 1. The van der Waals surface area contributed by atoms with Gasteiger partial charge in [0.05, 0.1) is 31.0 Å². The van der Waals surface area contributed by atoms with Crippen LogP contribution in [0.25, 0.3) is 16.6 Å². The number of methoxy groups -OCH3 is 2. The molecule has 3 aromatic carbocycles. The minimum atomic E-state index is -0.0946. The predicted octanol–water partition coefficient (Wildman–Crippen LogP) is 4.88. The first kappa shape index (κ1) is 16.9. The second kappa shape index (κ2) is 7.00. The van der Waals surface area contributed by atoms with E-state index < -0.39 is 0 Å². The quantitative estimate of drug-likeness (QED) is 0.478. The monoisotopic (exact) mass is 357 g/mol. The molecule has 0 saturated heterocycles. The third-order valence-corrected chi connectivity index (χ3v) is 4.66. The third kappa shape index (κ3) is 2.95. The molecule has 4 aromatic rings. The summed E-state index contributed by atoms with van der Waals surface area (Å²) in [6, 6.07) is 23.0. The molecule has 4 heteroatoms. The number of benzene rings is 3. The zero-order valence-corrected chi connectivity index (χ0v) is 15.2. The van der Waals surface area contributed by atoms with Crippen LogP contribution in [0.1, 0.15) is 15.9 Å². The van der Waals surface area contributed by atoms with E-state index in [9.17, 15) is 4.79 Å². The number of carbonyl (C=O) groups excluding carboxylic acids is 1. The standard InChI is InChI=1S/C23H19NO3/c1-26-17-11-12-19(22(15-17)27-2)23(25)18-8-4-6-10-21(18)24-14-13-16-7-3-5-9-20(16)24/h3-15H,1-2H3. The Morgan fingerprint density at radius 2 is 1.59 bits per heavy atom. The van der Waals surface area contributed by atoms with Crippen LogP contribution in [0.2, 0.25) is 0 Å². The Morgan fingerprint density at radius 1 is 0.815 bits per heavy atom. The summed E-state index contributed by atoms with van der Waals surface area (Å²) in [7, 11) is 3.14. The van der Waals surface area contributed by atoms with Gasteiger partial charge in [-0.3, -0.25) is 4.79 Å². The number of fused-ring (bicyclic) bond motifs is 1. The summed E-state index contributed by atoms with van der Waals surface area (Å²) < 4.78 is 12.7. The normalized spacial score (nSPS) is 10.7. The first-order chi connectivity index (χ1) is 13.2. The van der Waals surface area contributed by atoms with Crippen molar-refractivity contribution in [3.63, 3.8) is 0 Å². The molecule has 0 unspecified atom stereocenters. The molecule has 0 aliphatic rings. The zero-order valence-electron chi connectivity index (χ0n) is 15.2. The lowest BCUT2D eigenvalue weighted by molar-refractivity contribution is 0.103. The lowest BCUT2D eigenvalue weighted by Gasteiger charge is -2.14. The number of carbonyl (C=O) groups is 1. The highest BCUT2D eigenvalue weighted by atomic mass is 16.5. The topological polar surface area (TPSA) is 40.5 Å². The Hall–Kier alpha value is -3.53. The van der Waals surface area contributed by atoms with E-state index in [1.807, 2.05) is 59.3 Å². The second-order valence-corrected chi connectivity index (χ2v) is 6.16. The lowest BCUT2D eigenvalue weighted by atomic mass is 10.0. The van der Waals surface area contributed by atoms with Gasteiger partial charge in [0.1, 0.15) is 11.5 Å². The van der Waals surface area contributed by atoms with Crippen molar-refractivity contribution in [1.82, 2.24) is 4.57 Å². The molecule has 0 amide bonds. The van der Waals surface area contributed by atoms with Crippen molar-refractivity contribution >= 4 is 16.7 Å². The summed E-state index contributed by atoms with van der Waals surface area (Å²) >= 11 is 0. The Kier molecular flexibility index (Phi) is 4.38. The van der Waals surface area contributed by atoms with E-state index >= 15 is 0 Å². The number of nitrogens with zero attached hydrogens (tertiary/aromatic N) is 1. The molecule has 0 spiro atoms. The maximum atomic E-state index is 13.3. The van der Waals surface area contributed by atoms with Crippen molar-refractivity contribution in [3.8, 4) is 17.2 Å². The number of ketones is 1. The van der Waals surface area contributed by atoms with Gasteiger partial charge in [-0.25, -0.2) is 0 Å². The van der Waals surface area contributed by atoms with E-state index in [1.165, 1.54) is 0 Å². The maximum Gasteiger partial charge on any atom is 0.198 e. The first-order valence-corrected chi connectivity index (χ1v) is 8.65. The van der Waals surface area contributed by atoms with Crippen LogP contribution in [0.4, 0.5) is 0 Å². The fraction of sp³-hybridized carbons (Fsp3) is 0.0870. The maximum absolute atomic E-state index is 13.3. The van der Waals surface area contributed by atoms with E-state index in [0.717, 1.165) is 16.6 Å². The summed E-state index contributed by atoms with van der Waals surface area (Å²) in [6.07, 6.45) is 1.99. The predicted molar refractivity (Wildman–Crippen MR) is 106 cm³/mol. The first-order valence-electron chi connectivity index (χ1n) is 8.65. The van der Waals surface area contributed by atoms with Crippen LogP contribution in [0.15, 0.2) is 79.0 Å². The molecule has 0 atom stereocenters. The fourth-order valence-corrected chi connectivity index (χ4v) is 3.30. The van der Waals surface area contributed by atoms with Gasteiger partial charge in [-0.2, -0.15) is 0 Å². The molecular formula is C23H19NO3. The van der Waals surface area contributed by atoms with E-state index in [0.29, 0.717) is 22.6 Å². The highest BCUT2D eigenvalue weighted by molar-refractivity contribution is 6.13. The fourth-order valence-electron chi connectivity index (χ4n) is 3.30.